The molecule has 0 radical (unpaired) electrons. The van der Waals surface area contributed by atoms with Gasteiger partial charge in [-0.1, -0.05) is 0 Å². The predicted molar refractivity (Wildman–Crippen MR) is 63.1 cm³/mol. The maximum absolute atomic E-state index is 11.6. The van der Waals surface area contributed by atoms with E-state index in [0.717, 1.165) is 0 Å². The molecule has 1 saturated heterocycles. The smallest absolute Gasteiger partial charge is 0.242 e. The van der Waals surface area contributed by atoms with Gasteiger partial charge in [-0.2, -0.15) is 0 Å². The summed E-state index contributed by atoms with van der Waals surface area (Å²) in [6.07, 6.45) is 0.230. The molecule has 2 amide bonds. The van der Waals surface area contributed by atoms with E-state index in [1.165, 1.54) is 4.90 Å². The van der Waals surface area contributed by atoms with Crippen molar-refractivity contribution in [1.82, 2.24) is 10.2 Å². The van der Waals surface area contributed by atoms with Gasteiger partial charge in [-0.3, -0.25) is 9.59 Å². The van der Waals surface area contributed by atoms with Gasteiger partial charge in [0.25, 0.3) is 0 Å². The minimum absolute atomic E-state index is 0.0411. The third-order valence-electron chi connectivity index (χ3n) is 2.76. The molecule has 1 rings (SSSR count). The highest BCUT2D eigenvalue weighted by atomic mass is 32.2. The largest absolute Gasteiger partial charge is 0.347 e. The van der Waals surface area contributed by atoms with Gasteiger partial charge in [-0.25, -0.2) is 8.42 Å². The lowest BCUT2D eigenvalue weighted by Gasteiger charge is -2.20. The number of sulfone groups is 1. The molecule has 0 aromatic rings. The number of carbonyl (C=O) groups excluding carboxylic acids is 2. The summed E-state index contributed by atoms with van der Waals surface area (Å²) in [4.78, 5) is 24.1. The summed E-state index contributed by atoms with van der Waals surface area (Å²) in [5.74, 6) is -0.452. The van der Waals surface area contributed by atoms with E-state index >= 15 is 0 Å². The van der Waals surface area contributed by atoms with Crippen LogP contribution in [0, 0.1) is 0 Å². The van der Waals surface area contributed by atoms with E-state index in [0.29, 0.717) is 0 Å². The fourth-order valence-corrected chi connectivity index (χ4v) is 2.39. The van der Waals surface area contributed by atoms with Crippen LogP contribution in [-0.2, 0) is 19.4 Å². The van der Waals surface area contributed by atoms with Gasteiger partial charge in [0, 0.05) is 19.5 Å². The van der Waals surface area contributed by atoms with E-state index in [2.05, 4.69) is 5.32 Å². The van der Waals surface area contributed by atoms with E-state index in [4.69, 9.17) is 0 Å². The molecule has 1 N–H and O–H groups in total. The molecule has 17 heavy (non-hydrogen) atoms. The van der Waals surface area contributed by atoms with Gasteiger partial charge in [0.15, 0.2) is 9.84 Å². The molecule has 1 fully saturated rings. The normalized spacial score (nSPS) is 18.2. The van der Waals surface area contributed by atoms with Crippen molar-refractivity contribution in [1.29, 1.82) is 0 Å². The summed E-state index contributed by atoms with van der Waals surface area (Å²) in [6.45, 7) is 3.64. The van der Waals surface area contributed by atoms with Crippen molar-refractivity contribution in [2.24, 2.45) is 0 Å². The minimum Gasteiger partial charge on any atom is -0.347 e. The van der Waals surface area contributed by atoms with Gasteiger partial charge in [0.2, 0.25) is 11.8 Å². The number of hydrogen-bond acceptors (Lipinski definition) is 4. The van der Waals surface area contributed by atoms with Crippen molar-refractivity contribution in [3.8, 4) is 0 Å². The second-order valence-electron chi connectivity index (χ2n) is 4.32. The fraction of sp³-hybridized carbons (Fsp3) is 0.800. The molecule has 0 bridgehead atoms. The first-order valence-electron chi connectivity index (χ1n) is 5.59. The van der Waals surface area contributed by atoms with Gasteiger partial charge >= 0.3 is 0 Å². The van der Waals surface area contributed by atoms with Crippen LogP contribution in [0.1, 0.15) is 20.3 Å². The van der Waals surface area contributed by atoms with Crippen LogP contribution in [0.5, 0.6) is 0 Å². The molecular weight excluding hydrogens is 244 g/mol. The minimum atomic E-state index is -3.15. The monoisotopic (exact) mass is 262 g/mol. The lowest BCUT2D eigenvalue weighted by atomic mass is 10.4. The van der Waals surface area contributed by atoms with Crippen LogP contribution in [0.4, 0.5) is 0 Å². The van der Waals surface area contributed by atoms with Gasteiger partial charge in [0.1, 0.15) is 0 Å². The number of hydrogen-bond donors (Lipinski definition) is 1. The predicted octanol–water partition coefficient (Wildman–Crippen LogP) is -0.842. The maximum atomic E-state index is 11.6. The van der Waals surface area contributed by atoms with Gasteiger partial charge in [0.05, 0.1) is 17.5 Å². The van der Waals surface area contributed by atoms with Gasteiger partial charge in [-0.15, -0.1) is 0 Å². The van der Waals surface area contributed by atoms with Crippen LogP contribution in [0.2, 0.25) is 0 Å². The van der Waals surface area contributed by atoms with Crippen molar-refractivity contribution < 1.29 is 18.0 Å². The van der Waals surface area contributed by atoms with Crippen LogP contribution in [-0.4, -0.2) is 55.8 Å². The summed E-state index contributed by atoms with van der Waals surface area (Å²) in [5.41, 5.74) is 0. The Hall–Kier alpha value is -1.11. The van der Waals surface area contributed by atoms with Crippen LogP contribution in [0.15, 0.2) is 0 Å². The van der Waals surface area contributed by atoms with Crippen molar-refractivity contribution in [2.75, 3.05) is 25.4 Å². The Bertz CT molecular complexity index is 403. The van der Waals surface area contributed by atoms with E-state index in [1.807, 2.05) is 0 Å². The average Bonchev–Trinajstić information content (AvgIpc) is 2.39. The number of rotatable bonds is 4. The SMILES string of the molecule is CC(C)S(=O)(=O)CCN1CCC(=O)NCC1=O. The van der Waals surface area contributed by atoms with Crippen LogP contribution in [0.3, 0.4) is 0 Å². The highest BCUT2D eigenvalue weighted by Gasteiger charge is 2.23. The van der Waals surface area contributed by atoms with Crippen LogP contribution >= 0.6 is 0 Å². The second kappa shape index (κ2) is 5.48. The summed E-state index contributed by atoms with van der Waals surface area (Å²) in [7, 11) is -3.15. The first-order valence-corrected chi connectivity index (χ1v) is 7.30. The Kier molecular flexibility index (Phi) is 4.50. The highest BCUT2D eigenvalue weighted by Crippen LogP contribution is 2.04. The number of amides is 2. The molecule has 0 aromatic heterocycles. The summed E-state index contributed by atoms with van der Waals surface area (Å²) in [5, 5.41) is 2.02. The van der Waals surface area contributed by atoms with Crippen LogP contribution < -0.4 is 5.32 Å². The zero-order valence-electron chi connectivity index (χ0n) is 10.1. The summed E-state index contributed by atoms with van der Waals surface area (Å²) >= 11 is 0. The molecule has 7 heteroatoms. The molecule has 0 unspecified atom stereocenters. The molecule has 1 aliphatic heterocycles. The molecule has 0 saturated carbocycles. The molecule has 1 aliphatic rings. The average molecular weight is 262 g/mol. The quantitative estimate of drug-likeness (QED) is 0.716. The highest BCUT2D eigenvalue weighted by molar-refractivity contribution is 7.92. The van der Waals surface area contributed by atoms with Crippen LogP contribution in [0.25, 0.3) is 0 Å². The molecule has 98 valence electrons. The van der Waals surface area contributed by atoms with Crippen molar-refractivity contribution >= 4 is 21.7 Å². The number of carbonyl (C=O) groups is 2. The lowest BCUT2D eigenvalue weighted by molar-refractivity contribution is -0.129. The Morgan fingerprint density at radius 2 is 2.00 bits per heavy atom. The molecule has 6 nitrogen and oxygen atoms in total. The second-order valence-corrected chi connectivity index (χ2v) is 7.00. The molecule has 0 spiro atoms. The van der Waals surface area contributed by atoms with Gasteiger partial charge in [-0.05, 0) is 13.8 Å². The fourth-order valence-electron chi connectivity index (χ4n) is 1.45. The first kappa shape index (κ1) is 14.0. The third-order valence-corrected chi connectivity index (χ3v) is 4.95. The zero-order chi connectivity index (χ0) is 13.1. The Labute approximate surface area is 101 Å². The topological polar surface area (TPSA) is 83.6 Å². The lowest BCUT2D eigenvalue weighted by Crippen LogP contribution is -2.39. The Morgan fingerprint density at radius 1 is 1.35 bits per heavy atom. The molecule has 0 aromatic carbocycles. The molecule has 1 heterocycles. The summed E-state index contributed by atoms with van der Waals surface area (Å²) < 4.78 is 23.2. The number of nitrogens with one attached hydrogen (secondary N) is 1. The van der Waals surface area contributed by atoms with Crippen molar-refractivity contribution in [3.63, 3.8) is 0 Å². The van der Waals surface area contributed by atoms with E-state index < -0.39 is 15.1 Å². The Morgan fingerprint density at radius 3 is 2.59 bits per heavy atom. The van der Waals surface area contributed by atoms with E-state index in [9.17, 15) is 18.0 Å². The van der Waals surface area contributed by atoms with Crippen molar-refractivity contribution in [3.05, 3.63) is 0 Å². The summed E-state index contributed by atoms with van der Waals surface area (Å²) in [6, 6.07) is 0. The zero-order valence-corrected chi connectivity index (χ0v) is 10.9. The van der Waals surface area contributed by atoms with E-state index in [-0.39, 0.29) is 43.6 Å². The third kappa shape index (κ3) is 3.99. The number of nitrogens with zero attached hydrogens (tertiary/aromatic N) is 1. The first-order chi connectivity index (χ1) is 7.83. The molecule has 0 atom stereocenters. The molecule has 0 aliphatic carbocycles. The van der Waals surface area contributed by atoms with Gasteiger partial charge < -0.3 is 10.2 Å². The maximum Gasteiger partial charge on any atom is 0.242 e. The van der Waals surface area contributed by atoms with Crippen molar-refractivity contribution in [2.45, 2.75) is 25.5 Å². The Balaban J connectivity index is 2.56. The van der Waals surface area contributed by atoms with E-state index in [1.54, 1.807) is 13.8 Å². The standard InChI is InChI=1S/C10H18N2O4S/c1-8(2)17(15,16)6-5-12-4-3-9(13)11-7-10(12)14/h8H,3-7H2,1-2H3,(H,11,13). The molecular formula is C10H18N2O4S.